The van der Waals surface area contributed by atoms with Gasteiger partial charge in [-0.2, -0.15) is 0 Å². The van der Waals surface area contributed by atoms with E-state index in [1.165, 1.54) is 11.1 Å². The molecule has 1 saturated heterocycles. The number of benzene rings is 2. The zero-order valence-corrected chi connectivity index (χ0v) is 11.7. The van der Waals surface area contributed by atoms with Gasteiger partial charge in [-0.25, -0.2) is 0 Å². The Balaban J connectivity index is 1.68. The number of ether oxygens (including phenoxy) is 1. The van der Waals surface area contributed by atoms with Crippen molar-refractivity contribution in [2.45, 2.75) is 19.0 Å². The van der Waals surface area contributed by atoms with Gasteiger partial charge in [0.1, 0.15) is 0 Å². The van der Waals surface area contributed by atoms with Crippen LogP contribution in [-0.4, -0.2) is 30.7 Å². The molecule has 0 aliphatic carbocycles. The van der Waals surface area contributed by atoms with E-state index in [2.05, 4.69) is 65.6 Å². The quantitative estimate of drug-likeness (QED) is 0.844. The molecule has 1 fully saturated rings. The van der Waals surface area contributed by atoms with Gasteiger partial charge in [0.25, 0.3) is 0 Å². The maximum absolute atomic E-state index is 5.68. The summed E-state index contributed by atoms with van der Waals surface area (Å²) in [7, 11) is 0. The third kappa shape index (κ3) is 3.47. The lowest BCUT2D eigenvalue weighted by atomic mass is 10.0. The van der Waals surface area contributed by atoms with Crippen LogP contribution in [0, 0.1) is 0 Å². The van der Waals surface area contributed by atoms with Crippen LogP contribution in [0.4, 0.5) is 0 Å². The maximum atomic E-state index is 5.68. The lowest BCUT2D eigenvalue weighted by molar-refractivity contribution is -0.0112. The molecule has 1 unspecified atom stereocenters. The molecule has 0 N–H and O–H groups in total. The van der Waals surface area contributed by atoms with Crippen molar-refractivity contribution in [3.05, 3.63) is 71.8 Å². The number of hydrogen-bond acceptors (Lipinski definition) is 2. The van der Waals surface area contributed by atoms with Gasteiger partial charge < -0.3 is 4.74 Å². The van der Waals surface area contributed by atoms with Crippen LogP contribution in [0.25, 0.3) is 0 Å². The van der Waals surface area contributed by atoms with E-state index < -0.39 is 0 Å². The van der Waals surface area contributed by atoms with E-state index in [1.807, 2.05) is 0 Å². The highest BCUT2D eigenvalue weighted by atomic mass is 16.5. The summed E-state index contributed by atoms with van der Waals surface area (Å²) in [4.78, 5) is 2.55. The molecule has 2 aromatic rings. The lowest BCUT2D eigenvalue weighted by Gasteiger charge is -2.35. The molecule has 0 amide bonds. The topological polar surface area (TPSA) is 12.5 Å². The van der Waals surface area contributed by atoms with Crippen LogP contribution in [0.15, 0.2) is 60.7 Å². The standard InChI is InChI=1S/C18H21NO/c1-3-7-16(8-4-1)13-18-15-20-12-11-19(18)14-17-9-5-2-6-10-17/h1-10,18H,11-15H2. The van der Waals surface area contributed by atoms with E-state index >= 15 is 0 Å². The Bertz CT molecular complexity index is 462. The van der Waals surface area contributed by atoms with Crippen molar-refractivity contribution < 1.29 is 4.74 Å². The van der Waals surface area contributed by atoms with Crippen LogP contribution in [-0.2, 0) is 17.7 Å². The average molecular weight is 267 g/mol. The van der Waals surface area contributed by atoms with Gasteiger partial charge in [0.05, 0.1) is 13.2 Å². The van der Waals surface area contributed by atoms with Crippen molar-refractivity contribution in [2.24, 2.45) is 0 Å². The molecular weight excluding hydrogens is 246 g/mol. The van der Waals surface area contributed by atoms with E-state index in [0.29, 0.717) is 6.04 Å². The molecule has 3 rings (SSSR count). The van der Waals surface area contributed by atoms with E-state index in [4.69, 9.17) is 4.74 Å². The zero-order chi connectivity index (χ0) is 13.6. The molecule has 1 atom stereocenters. The number of morpholine rings is 1. The van der Waals surface area contributed by atoms with Gasteiger partial charge in [-0.15, -0.1) is 0 Å². The minimum Gasteiger partial charge on any atom is -0.378 e. The molecule has 2 nitrogen and oxygen atoms in total. The molecule has 20 heavy (non-hydrogen) atoms. The predicted molar refractivity (Wildman–Crippen MR) is 81.6 cm³/mol. The van der Waals surface area contributed by atoms with Crippen LogP contribution in [0.1, 0.15) is 11.1 Å². The zero-order valence-electron chi connectivity index (χ0n) is 11.7. The molecule has 0 radical (unpaired) electrons. The Morgan fingerprint density at radius 3 is 2.25 bits per heavy atom. The normalized spacial score (nSPS) is 19.9. The first-order valence-corrected chi connectivity index (χ1v) is 7.31. The fourth-order valence-corrected chi connectivity index (χ4v) is 2.79. The monoisotopic (exact) mass is 267 g/mol. The highest BCUT2D eigenvalue weighted by molar-refractivity contribution is 5.17. The second-order valence-electron chi connectivity index (χ2n) is 5.37. The molecule has 1 aliphatic rings. The second-order valence-corrected chi connectivity index (χ2v) is 5.37. The van der Waals surface area contributed by atoms with Gasteiger partial charge in [0.2, 0.25) is 0 Å². The Morgan fingerprint density at radius 2 is 1.55 bits per heavy atom. The minimum absolute atomic E-state index is 0.478. The first kappa shape index (κ1) is 13.3. The van der Waals surface area contributed by atoms with Gasteiger partial charge in [0.15, 0.2) is 0 Å². The van der Waals surface area contributed by atoms with Crippen molar-refractivity contribution in [3.63, 3.8) is 0 Å². The van der Waals surface area contributed by atoms with Crippen LogP contribution in [0.5, 0.6) is 0 Å². The second kappa shape index (κ2) is 6.69. The van der Waals surface area contributed by atoms with E-state index in [1.54, 1.807) is 0 Å². The summed E-state index contributed by atoms with van der Waals surface area (Å²) in [5.41, 5.74) is 2.77. The van der Waals surface area contributed by atoms with Crippen LogP contribution < -0.4 is 0 Å². The summed E-state index contributed by atoms with van der Waals surface area (Å²) < 4.78 is 5.68. The number of rotatable bonds is 4. The number of hydrogen-bond donors (Lipinski definition) is 0. The van der Waals surface area contributed by atoms with Gasteiger partial charge >= 0.3 is 0 Å². The first-order chi connectivity index (χ1) is 9.92. The van der Waals surface area contributed by atoms with Gasteiger partial charge in [-0.05, 0) is 17.5 Å². The molecule has 2 heteroatoms. The summed E-state index contributed by atoms with van der Waals surface area (Å²) in [6, 6.07) is 21.9. The molecule has 0 saturated carbocycles. The number of nitrogens with zero attached hydrogens (tertiary/aromatic N) is 1. The van der Waals surface area contributed by atoms with E-state index in [-0.39, 0.29) is 0 Å². The smallest absolute Gasteiger partial charge is 0.0625 e. The Morgan fingerprint density at radius 1 is 0.900 bits per heavy atom. The molecule has 0 bridgehead atoms. The van der Waals surface area contributed by atoms with Crippen LogP contribution in [0.2, 0.25) is 0 Å². The van der Waals surface area contributed by atoms with Crippen molar-refractivity contribution in [1.29, 1.82) is 0 Å². The third-order valence-corrected chi connectivity index (χ3v) is 3.89. The molecule has 1 aliphatic heterocycles. The molecular formula is C18H21NO. The van der Waals surface area contributed by atoms with Gasteiger partial charge in [-0.3, -0.25) is 4.90 Å². The molecule has 0 spiro atoms. The van der Waals surface area contributed by atoms with Crippen LogP contribution in [0.3, 0.4) is 0 Å². The Labute approximate surface area is 121 Å². The highest BCUT2D eigenvalue weighted by Gasteiger charge is 2.23. The summed E-state index contributed by atoms with van der Waals surface area (Å²) in [5.74, 6) is 0. The summed E-state index contributed by atoms with van der Waals surface area (Å²) >= 11 is 0. The molecule has 2 aromatic carbocycles. The van der Waals surface area contributed by atoms with Crippen LogP contribution >= 0.6 is 0 Å². The SMILES string of the molecule is c1ccc(CC2COCCN2Cc2ccccc2)cc1. The first-order valence-electron chi connectivity index (χ1n) is 7.31. The summed E-state index contributed by atoms with van der Waals surface area (Å²) in [5, 5.41) is 0. The van der Waals surface area contributed by atoms with E-state index in [9.17, 15) is 0 Å². The molecule has 104 valence electrons. The Hall–Kier alpha value is -1.64. The molecule has 0 aromatic heterocycles. The minimum atomic E-state index is 0.478. The summed E-state index contributed by atoms with van der Waals surface area (Å²) in [6.45, 7) is 3.72. The van der Waals surface area contributed by atoms with Gasteiger partial charge in [0, 0.05) is 19.1 Å². The van der Waals surface area contributed by atoms with Crippen molar-refractivity contribution in [3.8, 4) is 0 Å². The van der Waals surface area contributed by atoms with E-state index in [0.717, 1.165) is 32.7 Å². The predicted octanol–water partition coefficient (Wildman–Crippen LogP) is 3.13. The molecule has 1 heterocycles. The largest absolute Gasteiger partial charge is 0.378 e. The maximum Gasteiger partial charge on any atom is 0.0625 e. The van der Waals surface area contributed by atoms with Crippen molar-refractivity contribution >= 4 is 0 Å². The van der Waals surface area contributed by atoms with Crippen molar-refractivity contribution in [2.75, 3.05) is 19.8 Å². The van der Waals surface area contributed by atoms with Crippen molar-refractivity contribution in [1.82, 2.24) is 4.90 Å². The lowest BCUT2D eigenvalue weighted by Crippen LogP contribution is -2.46. The summed E-state index contributed by atoms with van der Waals surface area (Å²) in [6.07, 6.45) is 1.06. The highest BCUT2D eigenvalue weighted by Crippen LogP contribution is 2.16. The average Bonchev–Trinajstić information content (AvgIpc) is 2.51. The Kier molecular flexibility index (Phi) is 4.46. The fraction of sp³-hybridized carbons (Fsp3) is 0.333. The third-order valence-electron chi connectivity index (χ3n) is 3.89. The van der Waals surface area contributed by atoms with Gasteiger partial charge in [-0.1, -0.05) is 60.7 Å². The fourth-order valence-electron chi connectivity index (χ4n) is 2.79.